The number of rotatable bonds is 5. The predicted octanol–water partition coefficient (Wildman–Crippen LogP) is 3.97. The number of amides is 2. The van der Waals surface area contributed by atoms with E-state index >= 15 is 0 Å². The fraction of sp³-hybridized carbons (Fsp3) is 0.400. The van der Waals surface area contributed by atoms with Gasteiger partial charge in [-0.15, -0.1) is 0 Å². The second-order valence-corrected chi connectivity index (χ2v) is 12.2. The Morgan fingerprint density at radius 3 is 2.38 bits per heavy atom. The maximum atomic E-state index is 14.2. The average Bonchev–Trinajstić information content (AvgIpc) is 3.49. The quantitative estimate of drug-likeness (QED) is 0.350. The fourth-order valence-corrected chi connectivity index (χ4v) is 7.01. The summed E-state index contributed by atoms with van der Waals surface area (Å²) in [4.78, 5) is 44.1. The van der Waals surface area contributed by atoms with Crippen molar-refractivity contribution in [2.24, 2.45) is 0 Å². The highest BCUT2D eigenvalue weighted by molar-refractivity contribution is 8.24. The smallest absolute Gasteiger partial charge is 0.432 e. The number of anilines is 1. The summed E-state index contributed by atoms with van der Waals surface area (Å²) in [6, 6.07) is 7.92. The molecule has 2 amide bonds. The molecule has 214 valence electrons. The molecule has 2 aliphatic rings. The van der Waals surface area contributed by atoms with Crippen molar-refractivity contribution in [2.45, 2.75) is 43.1 Å². The van der Waals surface area contributed by atoms with Crippen LogP contribution in [0.5, 0.6) is 5.75 Å². The van der Waals surface area contributed by atoms with Crippen LogP contribution in [0.15, 0.2) is 42.6 Å². The third-order valence-electron chi connectivity index (χ3n) is 7.46. The van der Waals surface area contributed by atoms with Gasteiger partial charge in [-0.3, -0.25) is 18.7 Å². The van der Waals surface area contributed by atoms with Crippen molar-refractivity contribution in [3.05, 3.63) is 48.2 Å². The summed E-state index contributed by atoms with van der Waals surface area (Å²) in [6.07, 6.45) is -1.58. The highest BCUT2D eigenvalue weighted by Gasteiger charge is 2.54. The molecule has 3 heterocycles. The van der Waals surface area contributed by atoms with E-state index in [1.165, 1.54) is 25.4 Å². The van der Waals surface area contributed by atoms with Crippen LogP contribution >= 0.6 is 10.6 Å². The molecule has 15 heteroatoms. The zero-order valence-electron chi connectivity index (χ0n) is 21.3. The number of pyridine rings is 1. The number of carboxylic acid groups (broad SMARTS) is 1. The molecule has 2 fully saturated rings. The van der Waals surface area contributed by atoms with Crippen molar-refractivity contribution in [3.63, 3.8) is 0 Å². The first-order chi connectivity index (χ1) is 18.8. The monoisotopic (exact) mass is 579 g/mol. The SMILES string of the molecule is COc1ccc(C2(C(=O)N3CS(O)(O)C[C@@H]3C(=O)Nc3ccc4c(cnn4C(=O)O)n3)CCC(F)(F)CC2)cc1. The topological polar surface area (TPSA) is 167 Å². The number of halogens is 2. The van der Waals surface area contributed by atoms with E-state index in [2.05, 4.69) is 15.4 Å². The highest BCUT2D eigenvalue weighted by atomic mass is 32.3. The standard InChI is InChI=1S/C25H27F2N5O7S/c1-39-16-4-2-15(3-5-16)24(8-10-25(26,27)11-9-24)22(34)31-14-40(37,38)13-19(31)21(33)30-20-7-6-18-17(29-20)12-28-32(18)23(35)36/h2-7,12,19,37-38H,8-11,13-14H2,1H3,(H,35,36)(H,29,30,33)/t19-/m1/s1. The molecule has 4 N–H and O–H groups in total. The van der Waals surface area contributed by atoms with Gasteiger partial charge in [0.1, 0.15) is 29.0 Å². The molecular formula is C25H27F2N5O7S. The molecule has 0 radical (unpaired) electrons. The van der Waals surface area contributed by atoms with Gasteiger partial charge in [0.25, 0.3) is 0 Å². The van der Waals surface area contributed by atoms with E-state index in [0.717, 1.165) is 4.90 Å². The van der Waals surface area contributed by atoms with E-state index in [0.29, 0.717) is 16.0 Å². The third-order valence-corrected chi connectivity index (χ3v) is 9.00. The number of hydrogen-bond acceptors (Lipinski definition) is 8. The van der Waals surface area contributed by atoms with E-state index in [9.17, 15) is 37.4 Å². The first-order valence-corrected chi connectivity index (χ1v) is 14.2. The van der Waals surface area contributed by atoms with Crippen LogP contribution in [0.2, 0.25) is 0 Å². The molecule has 5 rings (SSSR count). The van der Waals surface area contributed by atoms with E-state index in [4.69, 9.17) is 4.74 Å². The zero-order chi connectivity index (χ0) is 28.9. The number of aromatic nitrogens is 3. The van der Waals surface area contributed by atoms with Crippen molar-refractivity contribution in [1.82, 2.24) is 19.7 Å². The zero-order valence-corrected chi connectivity index (χ0v) is 22.1. The van der Waals surface area contributed by atoms with Crippen LogP contribution in [0.25, 0.3) is 11.0 Å². The Bertz CT molecular complexity index is 1470. The van der Waals surface area contributed by atoms with Gasteiger partial charge in [0.15, 0.2) is 0 Å². The minimum absolute atomic E-state index is 0.0281. The van der Waals surface area contributed by atoms with Gasteiger partial charge < -0.3 is 20.1 Å². The summed E-state index contributed by atoms with van der Waals surface area (Å²) in [5.74, 6) is -4.75. The van der Waals surface area contributed by atoms with Crippen molar-refractivity contribution in [2.75, 3.05) is 24.1 Å². The van der Waals surface area contributed by atoms with Crippen molar-refractivity contribution < 1.29 is 42.1 Å². The molecule has 0 spiro atoms. The maximum absolute atomic E-state index is 14.2. The van der Waals surface area contributed by atoms with Crippen LogP contribution in [0, 0.1) is 0 Å². The van der Waals surface area contributed by atoms with Crippen LogP contribution in [0.4, 0.5) is 19.4 Å². The van der Waals surface area contributed by atoms with E-state index in [1.807, 2.05) is 0 Å². The summed E-state index contributed by atoms with van der Waals surface area (Å²) < 4.78 is 55.4. The van der Waals surface area contributed by atoms with Gasteiger partial charge in [0.05, 0.1) is 30.0 Å². The van der Waals surface area contributed by atoms with Crippen LogP contribution in [-0.4, -0.2) is 82.5 Å². The Morgan fingerprint density at radius 1 is 1.07 bits per heavy atom. The highest BCUT2D eigenvalue weighted by Crippen LogP contribution is 2.52. The molecular weight excluding hydrogens is 552 g/mol. The Morgan fingerprint density at radius 2 is 1.75 bits per heavy atom. The largest absolute Gasteiger partial charge is 0.497 e. The van der Waals surface area contributed by atoms with Gasteiger partial charge in [0.2, 0.25) is 17.7 Å². The number of hydrogen-bond donors (Lipinski definition) is 4. The van der Waals surface area contributed by atoms with Crippen molar-refractivity contribution in [1.29, 1.82) is 0 Å². The molecule has 12 nitrogen and oxygen atoms in total. The molecule has 3 aromatic rings. The lowest BCUT2D eigenvalue weighted by Crippen LogP contribution is -2.54. The first kappa shape index (κ1) is 27.7. The molecule has 40 heavy (non-hydrogen) atoms. The van der Waals surface area contributed by atoms with Crippen molar-refractivity contribution in [3.8, 4) is 5.75 Å². The van der Waals surface area contributed by atoms with Crippen molar-refractivity contribution >= 4 is 45.3 Å². The number of ether oxygens (including phenoxy) is 1. The van der Waals surface area contributed by atoms with Gasteiger partial charge in [0, 0.05) is 12.8 Å². The van der Waals surface area contributed by atoms with Crippen LogP contribution in [0.1, 0.15) is 31.2 Å². The second kappa shape index (κ2) is 9.98. The molecule has 2 aromatic heterocycles. The predicted molar refractivity (Wildman–Crippen MR) is 141 cm³/mol. The summed E-state index contributed by atoms with van der Waals surface area (Å²) in [7, 11) is -1.90. The van der Waals surface area contributed by atoms with Crippen LogP contribution in [-0.2, 0) is 15.0 Å². The molecule has 1 saturated carbocycles. The number of nitrogens with zero attached hydrogens (tertiary/aromatic N) is 4. The first-order valence-electron chi connectivity index (χ1n) is 12.3. The minimum atomic E-state index is -3.37. The third kappa shape index (κ3) is 5.07. The number of carbonyl (C=O) groups excluding carboxylic acids is 2. The summed E-state index contributed by atoms with van der Waals surface area (Å²) in [5.41, 5.74) is -0.563. The number of fused-ring (bicyclic) bond motifs is 1. The molecule has 0 bridgehead atoms. The number of benzene rings is 1. The summed E-state index contributed by atoms with van der Waals surface area (Å²) in [5, 5.41) is 15.5. The van der Waals surface area contributed by atoms with Gasteiger partial charge in [-0.2, -0.15) is 20.4 Å². The van der Waals surface area contributed by atoms with Crippen LogP contribution in [0.3, 0.4) is 0 Å². The van der Waals surface area contributed by atoms with Gasteiger partial charge in [-0.05, 0) is 42.7 Å². The molecule has 1 aromatic carbocycles. The lowest BCUT2D eigenvalue weighted by atomic mass is 9.67. The number of nitrogens with one attached hydrogen (secondary N) is 1. The van der Waals surface area contributed by atoms with E-state index in [-0.39, 0.29) is 29.7 Å². The number of carbonyl (C=O) groups is 3. The van der Waals surface area contributed by atoms with Gasteiger partial charge >= 0.3 is 6.09 Å². The minimum Gasteiger partial charge on any atom is -0.497 e. The molecule has 1 saturated heterocycles. The van der Waals surface area contributed by atoms with Crippen LogP contribution < -0.4 is 10.1 Å². The molecule has 1 atom stereocenters. The molecule has 0 unspecified atom stereocenters. The average molecular weight is 580 g/mol. The summed E-state index contributed by atoms with van der Waals surface area (Å²) >= 11 is 0. The summed E-state index contributed by atoms with van der Waals surface area (Å²) in [6.45, 7) is 0. The molecule has 1 aliphatic carbocycles. The number of methoxy groups -OCH3 is 1. The molecule has 1 aliphatic heterocycles. The fourth-order valence-electron chi connectivity index (χ4n) is 5.33. The van der Waals surface area contributed by atoms with E-state index < -0.39 is 70.3 Å². The van der Waals surface area contributed by atoms with Gasteiger partial charge in [-0.1, -0.05) is 12.1 Å². The number of alkyl halides is 2. The van der Waals surface area contributed by atoms with E-state index in [1.54, 1.807) is 24.3 Å². The maximum Gasteiger partial charge on any atom is 0.432 e. The Labute approximate surface area is 228 Å². The normalized spacial score (nSPS) is 22.0. The Hall–Kier alpha value is -3.82. The second-order valence-electron chi connectivity index (χ2n) is 9.98. The Balaban J connectivity index is 1.45. The lowest BCUT2D eigenvalue weighted by molar-refractivity contribution is -0.146. The lowest BCUT2D eigenvalue weighted by Gasteiger charge is -2.42. The Kier molecular flexibility index (Phi) is 6.92. The van der Waals surface area contributed by atoms with Gasteiger partial charge in [-0.25, -0.2) is 18.6 Å².